The van der Waals surface area contributed by atoms with Gasteiger partial charge in [-0.15, -0.1) is 0 Å². The molecule has 0 bridgehead atoms. The molecular weight excluding hydrogens is 297 g/mol. The number of rotatable bonds is 7. The molecule has 0 radical (unpaired) electrons. The van der Waals surface area contributed by atoms with Crippen molar-refractivity contribution in [2.75, 3.05) is 19.4 Å². The fourth-order valence-corrected chi connectivity index (χ4v) is 2.39. The number of ether oxygens (including phenoxy) is 2. The van der Waals surface area contributed by atoms with E-state index in [1.807, 2.05) is 0 Å². The van der Waals surface area contributed by atoms with Gasteiger partial charge in [0.2, 0.25) is 0 Å². The number of hydrogen-bond donors (Lipinski definition) is 6. The van der Waals surface area contributed by atoms with Gasteiger partial charge in [-0.2, -0.15) is 0 Å². The lowest BCUT2D eigenvalue weighted by atomic mass is 9.97. The monoisotopic (exact) mass is 317 g/mol. The molecular formula is C9H20NO9P. The first-order valence-electron chi connectivity index (χ1n) is 5.94. The summed E-state index contributed by atoms with van der Waals surface area (Å²) in [6.07, 6.45) is -7.53. The van der Waals surface area contributed by atoms with Gasteiger partial charge in [-0.05, 0) is 6.42 Å². The highest BCUT2D eigenvalue weighted by Crippen LogP contribution is 2.37. The lowest BCUT2D eigenvalue weighted by molar-refractivity contribution is -0.298. The van der Waals surface area contributed by atoms with E-state index in [0.717, 1.165) is 0 Å². The highest BCUT2D eigenvalue weighted by Gasteiger charge is 2.44. The smallest absolute Gasteiger partial charge is 0.325 e. The normalized spacial score (nSPS) is 35.2. The van der Waals surface area contributed by atoms with Crippen molar-refractivity contribution >= 4 is 7.60 Å². The van der Waals surface area contributed by atoms with Crippen LogP contribution in [0.2, 0.25) is 0 Å². The molecule has 0 aliphatic carbocycles. The Balaban J connectivity index is 2.58. The van der Waals surface area contributed by atoms with Gasteiger partial charge >= 0.3 is 7.60 Å². The molecule has 0 aromatic heterocycles. The van der Waals surface area contributed by atoms with Crippen LogP contribution in [-0.4, -0.2) is 75.2 Å². The summed E-state index contributed by atoms with van der Waals surface area (Å²) in [5.74, 6) is 4.79. The maximum Gasteiger partial charge on any atom is 0.325 e. The fourth-order valence-electron chi connectivity index (χ4n) is 1.80. The third-order valence-corrected chi connectivity index (χ3v) is 3.70. The predicted octanol–water partition coefficient (Wildman–Crippen LogP) is -2.73. The molecule has 1 saturated heterocycles. The van der Waals surface area contributed by atoms with Gasteiger partial charge in [0.1, 0.15) is 18.3 Å². The van der Waals surface area contributed by atoms with E-state index < -0.39 is 44.5 Å². The summed E-state index contributed by atoms with van der Waals surface area (Å²) >= 11 is 0. The Morgan fingerprint density at radius 1 is 1.10 bits per heavy atom. The third-order valence-electron chi connectivity index (χ3n) is 2.86. The Morgan fingerprint density at radius 2 is 1.75 bits per heavy atom. The van der Waals surface area contributed by atoms with Crippen LogP contribution in [0.1, 0.15) is 6.42 Å². The molecule has 1 aliphatic rings. The van der Waals surface area contributed by atoms with E-state index in [4.69, 9.17) is 25.2 Å². The molecule has 5 atom stereocenters. The minimum absolute atomic E-state index is 0.0216. The average Bonchev–Trinajstić information content (AvgIpc) is 2.36. The van der Waals surface area contributed by atoms with E-state index in [-0.39, 0.29) is 19.6 Å². The van der Waals surface area contributed by atoms with Crippen LogP contribution in [0.15, 0.2) is 0 Å². The van der Waals surface area contributed by atoms with Gasteiger partial charge in [0.25, 0.3) is 0 Å². The van der Waals surface area contributed by atoms with Crippen LogP contribution >= 0.6 is 7.60 Å². The van der Waals surface area contributed by atoms with E-state index in [1.165, 1.54) is 0 Å². The van der Waals surface area contributed by atoms with Crippen LogP contribution in [0, 0.1) is 0 Å². The molecule has 1 rings (SSSR count). The fraction of sp³-hybridized carbons (Fsp3) is 1.00. The van der Waals surface area contributed by atoms with Gasteiger partial charge in [0.05, 0.1) is 25.5 Å². The molecule has 0 aromatic carbocycles. The van der Waals surface area contributed by atoms with Gasteiger partial charge in [-0.25, -0.2) is 5.90 Å². The molecule has 20 heavy (non-hydrogen) atoms. The van der Waals surface area contributed by atoms with Crippen molar-refractivity contribution in [2.24, 2.45) is 5.90 Å². The predicted molar refractivity (Wildman–Crippen MR) is 64.3 cm³/mol. The molecule has 10 nitrogen and oxygen atoms in total. The SMILES string of the molecule is NOCCO[C@H]1OC(CCP(=O)(O)O)[C@@H](O)C(O)[C@H]1O. The van der Waals surface area contributed by atoms with E-state index >= 15 is 0 Å². The lowest BCUT2D eigenvalue weighted by Gasteiger charge is -2.40. The summed E-state index contributed by atoms with van der Waals surface area (Å²) in [4.78, 5) is 21.8. The second-order valence-corrected chi connectivity index (χ2v) is 6.21. The second kappa shape index (κ2) is 7.76. The van der Waals surface area contributed by atoms with Crippen molar-refractivity contribution in [3.8, 4) is 0 Å². The van der Waals surface area contributed by atoms with Gasteiger partial charge < -0.3 is 39.4 Å². The van der Waals surface area contributed by atoms with Crippen LogP contribution in [0.5, 0.6) is 0 Å². The molecule has 1 aliphatic heterocycles. The molecule has 2 unspecified atom stereocenters. The van der Waals surface area contributed by atoms with E-state index in [2.05, 4.69) is 4.84 Å². The van der Waals surface area contributed by atoms with Gasteiger partial charge in [0.15, 0.2) is 6.29 Å². The summed E-state index contributed by atoms with van der Waals surface area (Å²) in [6.45, 7) is 0.00460. The van der Waals surface area contributed by atoms with Crippen LogP contribution in [0.4, 0.5) is 0 Å². The zero-order valence-electron chi connectivity index (χ0n) is 10.6. The maximum atomic E-state index is 10.8. The minimum Gasteiger partial charge on any atom is -0.388 e. The zero-order valence-corrected chi connectivity index (χ0v) is 11.5. The Morgan fingerprint density at radius 3 is 2.30 bits per heavy atom. The van der Waals surface area contributed by atoms with Crippen LogP contribution in [-0.2, 0) is 18.9 Å². The zero-order chi connectivity index (χ0) is 15.3. The largest absolute Gasteiger partial charge is 0.388 e. The first-order chi connectivity index (χ1) is 9.26. The summed E-state index contributed by atoms with van der Waals surface area (Å²) in [7, 11) is -4.25. The topological polar surface area (TPSA) is 172 Å². The minimum atomic E-state index is -4.25. The van der Waals surface area contributed by atoms with Crippen molar-refractivity contribution in [3.63, 3.8) is 0 Å². The molecule has 1 fully saturated rings. The highest BCUT2D eigenvalue weighted by molar-refractivity contribution is 7.51. The summed E-state index contributed by atoms with van der Waals surface area (Å²) in [5.41, 5.74) is 0. The molecule has 120 valence electrons. The van der Waals surface area contributed by atoms with Crippen molar-refractivity contribution in [2.45, 2.75) is 37.1 Å². The standard InChI is InChI=1S/C9H20NO9P/c10-18-3-2-17-9-8(13)7(12)6(11)5(19-9)1-4-20(14,15)16/h5-9,11-13H,1-4,10H2,(H2,14,15,16)/t5?,6-,7?,8-,9+/m1/s1. The van der Waals surface area contributed by atoms with E-state index in [1.54, 1.807) is 0 Å². The van der Waals surface area contributed by atoms with Crippen LogP contribution in [0.25, 0.3) is 0 Å². The second-order valence-electron chi connectivity index (χ2n) is 4.43. The van der Waals surface area contributed by atoms with Gasteiger partial charge in [-0.3, -0.25) is 4.57 Å². The number of nitrogens with two attached hydrogens (primary N) is 1. The quantitative estimate of drug-likeness (QED) is 0.164. The van der Waals surface area contributed by atoms with Crippen LogP contribution in [0.3, 0.4) is 0 Å². The summed E-state index contributed by atoms with van der Waals surface area (Å²) in [5, 5.41) is 29.0. The van der Waals surface area contributed by atoms with Crippen molar-refractivity contribution in [1.82, 2.24) is 0 Å². The van der Waals surface area contributed by atoms with Gasteiger partial charge in [-0.1, -0.05) is 0 Å². The number of aliphatic hydroxyl groups is 3. The highest BCUT2D eigenvalue weighted by atomic mass is 31.2. The van der Waals surface area contributed by atoms with E-state index in [0.29, 0.717) is 0 Å². The Labute approximate surface area is 115 Å². The number of hydrogen-bond acceptors (Lipinski definition) is 8. The summed E-state index contributed by atoms with van der Waals surface area (Å²) < 4.78 is 21.1. The van der Waals surface area contributed by atoms with Crippen LogP contribution < -0.4 is 5.90 Å². The third kappa shape index (κ3) is 5.34. The number of aliphatic hydroxyl groups excluding tert-OH is 3. The molecule has 0 aromatic rings. The van der Waals surface area contributed by atoms with Crippen molar-refractivity contribution in [3.05, 3.63) is 0 Å². The van der Waals surface area contributed by atoms with Crippen molar-refractivity contribution < 1.29 is 44.0 Å². The Hall–Kier alpha value is -0.130. The van der Waals surface area contributed by atoms with Gasteiger partial charge in [0, 0.05) is 0 Å². The average molecular weight is 317 g/mol. The molecule has 0 spiro atoms. The van der Waals surface area contributed by atoms with E-state index in [9.17, 15) is 19.9 Å². The molecule has 1 heterocycles. The lowest BCUT2D eigenvalue weighted by Crippen LogP contribution is -2.58. The molecule has 0 amide bonds. The first-order valence-corrected chi connectivity index (χ1v) is 7.73. The molecule has 11 heteroatoms. The molecule has 0 saturated carbocycles. The van der Waals surface area contributed by atoms with Crippen molar-refractivity contribution in [1.29, 1.82) is 0 Å². The Bertz CT molecular complexity index is 337. The molecule has 7 N–H and O–H groups in total. The summed E-state index contributed by atoms with van der Waals surface area (Å²) in [6, 6.07) is 0. The Kier molecular flexibility index (Phi) is 6.95. The maximum absolute atomic E-state index is 10.8. The first kappa shape index (κ1) is 17.9.